The van der Waals surface area contributed by atoms with Gasteiger partial charge in [0.1, 0.15) is 11.5 Å². The molecule has 0 radical (unpaired) electrons. The summed E-state index contributed by atoms with van der Waals surface area (Å²) in [5.74, 6) is 0.471. The maximum Gasteiger partial charge on any atom is 0.306 e. The Kier molecular flexibility index (Phi) is 7.59. The van der Waals surface area contributed by atoms with Crippen molar-refractivity contribution in [1.82, 2.24) is 4.98 Å². The normalized spacial score (nSPS) is 11.6. The van der Waals surface area contributed by atoms with Crippen LogP contribution in [0, 0.1) is 13.8 Å². The van der Waals surface area contributed by atoms with Crippen molar-refractivity contribution in [2.45, 2.75) is 46.6 Å². The molecule has 0 saturated heterocycles. The average Bonchev–Trinajstić information content (AvgIpc) is 2.99. The first kappa shape index (κ1) is 22.2. The maximum absolute atomic E-state index is 12.6. The van der Waals surface area contributed by atoms with Gasteiger partial charge in [0.15, 0.2) is 11.9 Å². The molecule has 29 heavy (non-hydrogen) atoms. The highest BCUT2D eigenvalue weighted by molar-refractivity contribution is 6.05. The molecule has 0 bridgehead atoms. The fraction of sp³-hybridized carbons (Fsp3) is 0.409. The number of aryl methyl sites for hydroxylation is 1. The minimum Gasteiger partial charge on any atom is -0.497 e. The molecule has 0 saturated carbocycles. The quantitative estimate of drug-likeness (QED) is 0.369. The lowest BCUT2D eigenvalue weighted by Crippen LogP contribution is -2.25. The molecule has 0 aliphatic carbocycles. The minimum atomic E-state index is -0.943. The molecule has 2 aromatic rings. The molecule has 0 spiro atoms. The molecule has 0 fully saturated rings. The van der Waals surface area contributed by atoms with E-state index in [9.17, 15) is 14.4 Å². The maximum atomic E-state index is 12.6. The van der Waals surface area contributed by atoms with E-state index in [1.807, 2.05) is 0 Å². The van der Waals surface area contributed by atoms with Crippen molar-refractivity contribution in [3.05, 3.63) is 46.8 Å². The van der Waals surface area contributed by atoms with Crippen molar-refractivity contribution in [2.24, 2.45) is 0 Å². The van der Waals surface area contributed by atoms with Crippen LogP contribution in [0.2, 0.25) is 0 Å². The van der Waals surface area contributed by atoms with Crippen LogP contribution in [0.25, 0.3) is 0 Å². The van der Waals surface area contributed by atoms with Crippen LogP contribution in [0.5, 0.6) is 11.5 Å². The van der Waals surface area contributed by atoms with Crippen molar-refractivity contribution in [3.8, 4) is 11.5 Å². The summed E-state index contributed by atoms with van der Waals surface area (Å²) in [6.45, 7) is 6.77. The van der Waals surface area contributed by atoms with Crippen LogP contribution < -0.4 is 9.47 Å². The van der Waals surface area contributed by atoms with Crippen LogP contribution in [0.1, 0.15) is 58.8 Å². The zero-order chi connectivity index (χ0) is 21.6. The number of methoxy groups -OCH3 is 1. The van der Waals surface area contributed by atoms with Gasteiger partial charge in [-0.1, -0.05) is 0 Å². The molecule has 0 aliphatic rings. The van der Waals surface area contributed by atoms with E-state index in [4.69, 9.17) is 14.2 Å². The Balaban J connectivity index is 1.81. The summed E-state index contributed by atoms with van der Waals surface area (Å²) in [6, 6.07) is 7.15. The second kappa shape index (κ2) is 9.91. The zero-order valence-electron chi connectivity index (χ0n) is 17.5. The number of ketones is 2. The van der Waals surface area contributed by atoms with Gasteiger partial charge in [-0.25, -0.2) is 0 Å². The molecule has 7 heteroatoms. The Hall–Kier alpha value is -3.09. The first-order valence-corrected chi connectivity index (χ1v) is 9.45. The number of rotatable bonds is 10. The first-order chi connectivity index (χ1) is 13.7. The lowest BCUT2D eigenvalue weighted by Gasteiger charge is -2.12. The second-order valence-corrected chi connectivity index (χ2v) is 6.81. The van der Waals surface area contributed by atoms with Crippen molar-refractivity contribution in [1.29, 1.82) is 0 Å². The number of benzene rings is 1. The Bertz CT molecular complexity index is 881. The van der Waals surface area contributed by atoms with Gasteiger partial charge < -0.3 is 19.2 Å². The average molecular weight is 401 g/mol. The number of hydrogen-bond acceptors (Lipinski definition) is 6. The molecule has 2 rings (SSSR count). The number of carbonyl (C=O) groups is 3. The fourth-order valence-electron chi connectivity index (χ4n) is 3.12. The number of H-pyrrole nitrogens is 1. The lowest BCUT2D eigenvalue weighted by molar-refractivity contribution is -0.146. The predicted molar refractivity (Wildman–Crippen MR) is 108 cm³/mol. The summed E-state index contributed by atoms with van der Waals surface area (Å²) >= 11 is 0. The van der Waals surface area contributed by atoms with Gasteiger partial charge in [-0.15, -0.1) is 0 Å². The largest absolute Gasteiger partial charge is 0.497 e. The van der Waals surface area contributed by atoms with Gasteiger partial charge in [0.05, 0.1) is 19.4 Å². The van der Waals surface area contributed by atoms with Gasteiger partial charge in [-0.2, -0.15) is 0 Å². The molecule has 0 aliphatic heterocycles. The lowest BCUT2D eigenvalue weighted by atomic mass is 10.0. The van der Waals surface area contributed by atoms with Gasteiger partial charge in [0.2, 0.25) is 5.78 Å². The zero-order valence-corrected chi connectivity index (χ0v) is 17.5. The van der Waals surface area contributed by atoms with Gasteiger partial charge in [0.25, 0.3) is 0 Å². The summed E-state index contributed by atoms with van der Waals surface area (Å²) < 4.78 is 15.9. The fourth-order valence-corrected chi connectivity index (χ4v) is 3.12. The van der Waals surface area contributed by atoms with E-state index in [0.29, 0.717) is 41.3 Å². The Labute approximate surface area is 170 Å². The summed E-state index contributed by atoms with van der Waals surface area (Å²) in [6.07, 6.45) is -0.350. The topological polar surface area (TPSA) is 94.7 Å². The molecule has 1 aromatic carbocycles. The van der Waals surface area contributed by atoms with Gasteiger partial charge >= 0.3 is 5.97 Å². The highest BCUT2D eigenvalue weighted by atomic mass is 16.5. The molecule has 1 atom stereocenters. The standard InChI is InChI=1S/C22H27NO6/c1-13-20(15(3)24)14(2)23-21(13)22(26)16(4)29-19(25)7-6-12-28-18-10-8-17(27-5)9-11-18/h8-11,16,23H,6-7,12H2,1-5H3. The minimum absolute atomic E-state index is 0.114. The summed E-state index contributed by atoms with van der Waals surface area (Å²) in [4.78, 5) is 39.3. The molecule has 1 unspecified atom stereocenters. The van der Waals surface area contributed by atoms with Crippen molar-refractivity contribution >= 4 is 17.5 Å². The first-order valence-electron chi connectivity index (χ1n) is 9.45. The molecule has 0 amide bonds. The van der Waals surface area contributed by atoms with Crippen LogP contribution in [-0.4, -0.2) is 42.3 Å². The summed E-state index contributed by atoms with van der Waals surface area (Å²) in [5.41, 5.74) is 2.02. The van der Waals surface area contributed by atoms with Crippen molar-refractivity contribution in [2.75, 3.05) is 13.7 Å². The Morgan fingerprint density at radius 2 is 1.69 bits per heavy atom. The van der Waals surface area contributed by atoms with E-state index in [0.717, 1.165) is 5.75 Å². The van der Waals surface area contributed by atoms with Crippen LogP contribution in [0.15, 0.2) is 24.3 Å². The third-order valence-electron chi connectivity index (χ3n) is 4.57. The number of ether oxygens (including phenoxy) is 3. The highest BCUT2D eigenvalue weighted by Gasteiger charge is 2.25. The number of aromatic amines is 1. The number of esters is 1. The van der Waals surface area contributed by atoms with E-state index < -0.39 is 12.1 Å². The second-order valence-electron chi connectivity index (χ2n) is 6.81. The van der Waals surface area contributed by atoms with E-state index in [1.54, 1.807) is 45.2 Å². The highest BCUT2D eigenvalue weighted by Crippen LogP contribution is 2.21. The van der Waals surface area contributed by atoms with Gasteiger partial charge in [-0.3, -0.25) is 14.4 Å². The number of carbonyl (C=O) groups excluding carboxylic acids is 3. The number of hydrogen-bond donors (Lipinski definition) is 1. The Morgan fingerprint density at radius 3 is 2.24 bits per heavy atom. The predicted octanol–water partition coefficient (Wildman–Crippen LogP) is 3.82. The van der Waals surface area contributed by atoms with Crippen LogP contribution in [0.3, 0.4) is 0 Å². The van der Waals surface area contributed by atoms with Crippen LogP contribution in [0.4, 0.5) is 0 Å². The number of Topliss-reactive ketones (excluding diaryl/α,β-unsaturated/α-hetero) is 2. The number of aromatic nitrogens is 1. The van der Waals surface area contributed by atoms with Crippen LogP contribution >= 0.6 is 0 Å². The summed E-state index contributed by atoms with van der Waals surface area (Å²) in [7, 11) is 1.59. The van der Waals surface area contributed by atoms with Crippen molar-refractivity contribution in [3.63, 3.8) is 0 Å². The third kappa shape index (κ3) is 5.70. The smallest absolute Gasteiger partial charge is 0.306 e. The summed E-state index contributed by atoms with van der Waals surface area (Å²) in [5, 5.41) is 0. The molecule has 1 aromatic heterocycles. The SMILES string of the molecule is COc1ccc(OCCCC(=O)OC(C)C(=O)c2[nH]c(C)c(C(C)=O)c2C)cc1. The van der Waals surface area contributed by atoms with E-state index in [1.165, 1.54) is 13.8 Å². The van der Waals surface area contributed by atoms with Crippen molar-refractivity contribution < 1.29 is 28.6 Å². The molecule has 1 heterocycles. The third-order valence-corrected chi connectivity index (χ3v) is 4.57. The Morgan fingerprint density at radius 1 is 1.07 bits per heavy atom. The van der Waals surface area contributed by atoms with E-state index in [2.05, 4.69) is 4.98 Å². The molecule has 156 valence electrons. The molecular formula is C22H27NO6. The van der Waals surface area contributed by atoms with Gasteiger partial charge in [-0.05, 0) is 63.9 Å². The molecule has 7 nitrogen and oxygen atoms in total. The monoisotopic (exact) mass is 401 g/mol. The van der Waals surface area contributed by atoms with Gasteiger partial charge in [0, 0.05) is 17.7 Å². The molecule has 1 N–H and O–H groups in total. The number of nitrogens with one attached hydrogen (secondary N) is 1. The van der Waals surface area contributed by atoms with E-state index >= 15 is 0 Å². The van der Waals surface area contributed by atoms with Crippen LogP contribution in [-0.2, 0) is 9.53 Å². The van der Waals surface area contributed by atoms with E-state index in [-0.39, 0.29) is 18.0 Å². The molecular weight excluding hydrogens is 374 g/mol.